The fraction of sp³-hybridized carbons (Fsp3) is 0.105. The van der Waals surface area contributed by atoms with Crippen molar-refractivity contribution < 1.29 is 14.6 Å². The lowest BCUT2D eigenvalue weighted by molar-refractivity contribution is -0.134. The Morgan fingerprint density at radius 2 is 1.83 bits per heavy atom. The molecule has 0 spiro atoms. The average Bonchev–Trinajstić information content (AvgIpc) is 3.09. The number of hydrogen-bond acceptors (Lipinski definition) is 9. The first kappa shape index (κ1) is 21.7. The molecule has 0 aliphatic heterocycles. The van der Waals surface area contributed by atoms with E-state index >= 15 is 0 Å². The predicted octanol–water partition coefficient (Wildman–Crippen LogP) is 5.95. The van der Waals surface area contributed by atoms with Crippen LogP contribution in [0.25, 0.3) is 0 Å². The summed E-state index contributed by atoms with van der Waals surface area (Å²) in [5.41, 5.74) is 3.48. The van der Waals surface area contributed by atoms with Crippen molar-refractivity contribution in [3.8, 4) is 5.88 Å². The molecule has 0 aliphatic carbocycles. The third-order valence-corrected chi connectivity index (χ3v) is 5.11. The molecule has 0 saturated heterocycles. The number of rotatable bonds is 7. The molecule has 8 nitrogen and oxygen atoms in total. The zero-order chi connectivity index (χ0) is 21.5. The Morgan fingerprint density at radius 3 is 2.53 bits per heavy atom. The molecule has 30 heavy (non-hydrogen) atoms. The maximum atomic E-state index is 12.4. The number of para-hydroxylation sites is 1. The summed E-state index contributed by atoms with van der Waals surface area (Å²) < 4.78 is 5.04. The number of carbonyl (C=O) groups is 1. The van der Waals surface area contributed by atoms with E-state index in [1.165, 1.54) is 0 Å². The lowest BCUT2D eigenvalue weighted by atomic mass is 10.3. The van der Waals surface area contributed by atoms with E-state index in [2.05, 4.69) is 25.7 Å². The quantitative estimate of drug-likeness (QED) is 0.194. The van der Waals surface area contributed by atoms with Crippen molar-refractivity contribution in [3.05, 3.63) is 63.6 Å². The van der Waals surface area contributed by atoms with E-state index in [9.17, 15) is 9.90 Å². The second-order valence-corrected chi connectivity index (χ2v) is 7.36. The average molecular weight is 464 g/mol. The number of hydrazone groups is 1. The summed E-state index contributed by atoms with van der Waals surface area (Å²) in [7, 11) is 0. The number of ether oxygens (including phenoxy) is 1. The molecule has 0 saturated carbocycles. The molecule has 0 unspecified atom stereocenters. The summed E-state index contributed by atoms with van der Waals surface area (Å²) in [6.45, 7) is 1.81. The van der Waals surface area contributed by atoms with E-state index in [0.717, 1.165) is 11.3 Å². The minimum absolute atomic E-state index is 0.0830. The zero-order valence-electron chi connectivity index (χ0n) is 15.5. The molecule has 0 aliphatic rings. The Balaban J connectivity index is 1.91. The number of benzene rings is 2. The minimum atomic E-state index is -0.722. The molecule has 0 fully saturated rings. The van der Waals surface area contributed by atoms with Crippen LogP contribution in [0.4, 0.5) is 16.4 Å². The Hall–Kier alpha value is -3.01. The van der Waals surface area contributed by atoms with Crippen LogP contribution in [0.1, 0.15) is 11.9 Å². The number of azo groups is 1. The highest BCUT2D eigenvalue weighted by Gasteiger charge is 2.23. The van der Waals surface area contributed by atoms with E-state index in [1.807, 2.05) is 0 Å². The van der Waals surface area contributed by atoms with E-state index < -0.39 is 11.8 Å². The third-order valence-electron chi connectivity index (χ3n) is 3.53. The van der Waals surface area contributed by atoms with Gasteiger partial charge in [0, 0.05) is 0 Å². The Kier molecular flexibility index (Phi) is 7.34. The van der Waals surface area contributed by atoms with Crippen LogP contribution in [0.3, 0.4) is 0 Å². The van der Waals surface area contributed by atoms with Crippen LogP contribution in [-0.2, 0) is 9.53 Å². The summed E-state index contributed by atoms with van der Waals surface area (Å²) in [5, 5.41) is 23.2. The minimum Gasteiger partial charge on any atom is -0.491 e. The van der Waals surface area contributed by atoms with Gasteiger partial charge in [-0.2, -0.15) is 10.1 Å². The van der Waals surface area contributed by atoms with Crippen molar-refractivity contribution >= 4 is 62.6 Å². The van der Waals surface area contributed by atoms with E-state index in [0.29, 0.717) is 21.4 Å². The molecule has 3 aromatic rings. The number of aromatic hydroxyl groups is 1. The summed E-state index contributed by atoms with van der Waals surface area (Å²) >= 11 is 13.1. The number of carbonyl (C=O) groups excluding carboxylic acids is 1. The van der Waals surface area contributed by atoms with Crippen LogP contribution in [0.5, 0.6) is 5.88 Å². The van der Waals surface area contributed by atoms with Crippen molar-refractivity contribution in [1.29, 1.82) is 0 Å². The number of nitrogens with one attached hydrogen (secondary N) is 1. The van der Waals surface area contributed by atoms with Gasteiger partial charge in [-0.15, -0.1) is 10.2 Å². The number of nitrogens with zero attached hydrogens (tertiary/aromatic N) is 4. The first-order valence-corrected chi connectivity index (χ1v) is 10.2. The van der Waals surface area contributed by atoms with Crippen molar-refractivity contribution in [2.45, 2.75) is 6.92 Å². The fourth-order valence-electron chi connectivity index (χ4n) is 2.15. The van der Waals surface area contributed by atoms with E-state index in [4.69, 9.17) is 27.9 Å². The molecule has 1 heterocycles. The standard InChI is InChI=1S/C19H15Cl2N5O3S/c1-2-29-19(28)15(25-23-13-9-5-3-7-11(13)20)17-22-16(27)18(30-17)26-24-14-10-6-4-8-12(14)21/h3-10,23,27H,2H2,1H3/b25-15+,26-24?. The van der Waals surface area contributed by atoms with Gasteiger partial charge in [0.25, 0.3) is 5.88 Å². The highest BCUT2D eigenvalue weighted by atomic mass is 35.5. The van der Waals surface area contributed by atoms with Gasteiger partial charge in [0.2, 0.25) is 10.7 Å². The predicted molar refractivity (Wildman–Crippen MR) is 118 cm³/mol. The van der Waals surface area contributed by atoms with Gasteiger partial charge in [0.1, 0.15) is 5.69 Å². The Morgan fingerprint density at radius 1 is 1.13 bits per heavy atom. The lowest BCUT2D eigenvalue weighted by Gasteiger charge is -2.06. The second kappa shape index (κ2) is 10.1. The molecule has 0 atom stereocenters. The van der Waals surface area contributed by atoms with Gasteiger partial charge in [0.15, 0.2) is 5.01 Å². The normalized spacial score (nSPS) is 11.6. The zero-order valence-corrected chi connectivity index (χ0v) is 17.9. The highest BCUT2D eigenvalue weighted by Crippen LogP contribution is 2.36. The Bertz CT molecular complexity index is 1120. The molecule has 0 amide bonds. The summed E-state index contributed by atoms with van der Waals surface area (Å²) in [6.07, 6.45) is 0. The van der Waals surface area contributed by atoms with Gasteiger partial charge in [-0.1, -0.05) is 58.8 Å². The molecule has 1 aromatic heterocycles. The maximum absolute atomic E-state index is 12.4. The molecule has 3 rings (SSSR count). The number of anilines is 1. The smallest absolute Gasteiger partial charge is 0.361 e. The van der Waals surface area contributed by atoms with Gasteiger partial charge in [0.05, 0.1) is 22.3 Å². The summed E-state index contributed by atoms with van der Waals surface area (Å²) in [5.74, 6) is -1.12. The molecule has 0 bridgehead atoms. The summed E-state index contributed by atoms with van der Waals surface area (Å²) in [6, 6.07) is 13.7. The number of thiazole rings is 1. The monoisotopic (exact) mass is 463 g/mol. The summed E-state index contributed by atoms with van der Waals surface area (Å²) in [4.78, 5) is 16.3. The first-order chi connectivity index (χ1) is 14.5. The first-order valence-electron chi connectivity index (χ1n) is 8.61. The Labute approximate surface area is 185 Å². The van der Waals surface area contributed by atoms with Crippen molar-refractivity contribution in [1.82, 2.24) is 4.98 Å². The van der Waals surface area contributed by atoms with Crippen LogP contribution >= 0.6 is 34.5 Å². The fourth-order valence-corrected chi connectivity index (χ4v) is 3.26. The van der Waals surface area contributed by atoms with Gasteiger partial charge in [-0.3, -0.25) is 5.43 Å². The molecule has 0 radical (unpaired) electrons. The maximum Gasteiger partial charge on any atom is 0.361 e. The van der Waals surface area contributed by atoms with Gasteiger partial charge < -0.3 is 9.84 Å². The lowest BCUT2D eigenvalue weighted by Crippen LogP contribution is -2.20. The third kappa shape index (κ3) is 5.32. The second-order valence-electron chi connectivity index (χ2n) is 5.57. The molecule has 2 N–H and O–H groups in total. The number of halogens is 2. The van der Waals surface area contributed by atoms with Crippen LogP contribution in [0, 0.1) is 0 Å². The van der Waals surface area contributed by atoms with Gasteiger partial charge in [-0.25, -0.2) is 4.79 Å². The van der Waals surface area contributed by atoms with Crippen LogP contribution in [0.15, 0.2) is 63.9 Å². The van der Waals surface area contributed by atoms with Crippen molar-refractivity contribution in [2.75, 3.05) is 12.0 Å². The topological polar surface area (TPSA) is 109 Å². The SMILES string of the molecule is CCOC(=O)/C(=N/Nc1ccccc1Cl)c1nc(O)c(N=Nc2ccccc2Cl)s1. The van der Waals surface area contributed by atoms with Crippen molar-refractivity contribution in [2.24, 2.45) is 15.3 Å². The highest BCUT2D eigenvalue weighted by molar-refractivity contribution is 7.18. The van der Waals surface area contributed by atoms with Crippen LogP contribution < -0.4 is 5.43 Å². The molecule has 154 valence electrons. The largest absolute Gasteiger partial charge is 0.491 e. The van der Waals surface area contributed by atoms with E-state index in [-0.39, 0.29) is 22.3 Å². The van der Waals surface area contributed by atoms with Crippen LogP contribution in [-0.4, -0.2) is 28.4 Å². The number of esters is 1. The molecule has 2 aromatic carbocycles. The molecule has 11 heteroatoms. The van der Waals surface area contributed by atoms with Crippen LogP contribution in [0.2, 0.25) is 10.0 Å². The van der Waals surface area contributed by atoms with Gasteiger partial charge in [-0.05, 0) is 31.2 Å². The number of aromatic nitrogens is 1. The molecular formula is C19H15Cl2N5O3S. The molecular weight excluding hydrogens is 449 g/mol. The number of hydrogen-bond donors (Lipinski definition) is 2. The van der Waals surface area contributed by atoms with Crippen molar-refractivity contribution in [3.63, 3.8) is 0 Å². The van der Waals surface area contributed by atoms with Gasteiger partial charge >= 0.3 is 5.97 Å². The van der Waals surface area contributed by atoms with E-state index in [1.54, 1.807) is 55.5 Å².